The predicted molar refractivity (Wildman–Crippen MR) is 109 cm³/mol. The minimum atomic E-state index is -1.01. The van der Waals surface area contributed by atoms with E-state index in [1.54, 1.807) is 34.6 Å². The summed E-state index contributed by atoms with van der Waals surface area (Å²) in [6, 6.07) is 9.26. The number of nitrogens with one attached hydrogen (secondary N) is 1. The summed E-state index contributed by atoms with van der Waals surface area (Å²) in [5.74, 6) is -1.46. The first-order valence-electron chi connectivity index (χ1n) is 9.43. The third-order valence-corrected chi connectivity index (χ3v) is 3.27. The van der Waals surface area contributed by atoms with Gasteiger partial charge in [-0.15, -0.1) is 0 Å². The number of carboxylic acid groups (broad SMARTS) is 1. The monoisotopic (exact) mass is 394 g/mol. The van der Waals surface area contributed by atoms with Gasteiger partial charge in [0, 0.05) is 12.1 Å². The second-order valence-electron chi connectivity index (χ2n) is 7.82. The lowest BCUT2D eigenvalue weighted by molar-refractivity contribution is -0.138. The van der Waals surface area contributed by atoms with E-state index >= 15 is 0 Å². The van der Waals surface area contributed by atoms with Gasteiger partial charge in [0.15, 0.2) is 0 Å². The maximum Gasteiger partial charge on any atom is 0.411 e. The molecule has 7 heteroatoms. The molecule has 7 nitrogen and oxygen atoms in total. The Balaban J connectivity index is 0.00000352. The molecule has 158 valence electrons. The van der Waals surface area contributed by atoms with Crippen LogP contribution < -0.4 is 5.32 Å². The summed E-state index contributed by atoms with van der Waals surface area (Å²) in [7, 11) is 0. The fourth-order valence-electron chi connectivity index (χ4n) is 2.33. The van der Waals surface area contributed by atoms with Crippen LogP contribution in [0, 0.1) is 0 Å². The van der Waals surface area contributed by atoms with Crippen LogP contribution in [0.15, 0.2) is 30.3 Å². The zero-order valence-electron chi connectivity index (χ0n) is 18.0. The van der Waals surface area contributed by atoms with Crippen LogP contribution in [-0.4, -0.2) is 45.7 Å². The highest BCUT2D eigenvalue weighted by molar-refractivity contribution is 5.83. The van der Waals surface area contributed by atoms with Gasteiger partial charge >= 0.3 is 12.1 Å². The minimum absolute atomic E-state index is 0.211. The Bertz CT molecular complexity index is 636. The first-order chi connectivity index (χ1) is 12.9. The molecule has 0 aliphatic carbocycles. The highest BCUT2D eigenvalue weighted by Gasteiger charge is 2.28. The second kappa shape index (κ2) is 11.3. The van der Waals surface area contributed by atoms with Crippen molar-refractivity contribution in [1.29, 1.82) is 0 Å². The number of ether oxygens (including phenoxy) is 1. The van der Waals surface area contributed by atoms with E-state index in [1.807, 2.05) is 44.2 Å². The van der Waals surface area contributed by atoms with Crippen molar-refractivity contribution in [3.63, 3.8) is 0 Å². The normalized spacial score (nSPS) is 11.0. The zero-order chi connectivity index (χ0) is 22.0. The molecule has 2 amide bonds. The van der Waals surface area contributed by atoms with Gasteiger partial charge in [-0.2, -0.15) is 0 Å². The van der Waals surface area contributed by atoms with E-state index in [0.717, 1.165) is 5.56 Å². The number of hydrogen-bond acceptors (Lipinski definition) is 4. The van der Waals surface area contributed by atoms with Crippen LogP contribution in [0.5, 0.6) is 0 Å². The molecule has 1 aromatic carbocycles. The quantitative estimate of drug-likeness (QED) is 0.733. The Morgan fingerprint density at radius 1 is 1.04 bits per heavy atom. The van der Waals surface area contributed by atoms with E-state index in [4.69, 9.17) is 9.84 Å². The Kier molecular flexibility index (Phi) is 10.3. The molecule has 28 heavy (non-hydrogen) atoms. The number of rotatable bonds is 7. The van der Waals surface area contributed by atoms with Crippen molar-refractivity contribution in [2.45, 2.75) is 72.6 Å². The van der Waals surface area contributed by atoms with Crippen molar-refractivity contribution in [3.05, 3.63) is 35.9 Å². The van der Waals surface area contributed by atoms with Crippen LogP contribution in [-0.2, 0) is 20.9 Å². The Labute approximate surface area is 168 Å². The number of carbonyl (C=O) groups excluding carboxylic acids is 2. The average molecular weight is 395 g/mol. The van der Waals surface area contributed by atoms with Gasteiger partial charge in [0.25, 0.3) is 0 Å². The van der Waals surface area contributed by atoms with E-state index in [2.05, 4.69) is 5.32 Å². The molecular formula is C21H34N2O5. The van der Waals surface area contributed by atoms with Crippen LogP contribution in [0.3, 0.4) is 0 Å². The molecule has 0 spiro atoms. The topological polar surface area (TPSA) is 95.9 Å². The summed E-state index contributed by atoms with van der Waals surface area (Å²) in [6.45, 7) is 12.5. The molecule has 0 atom stereocenters. The summed E-state index contributed by atoms with van der Waals surface area (Å²) in [6.07, 6.45) is -0.823. The van der Waals surface area contributed by atoms with Gasteiger partial charge in [-0.05, 0) is 40.2 Å². The van der Waals surface area contributed by atoms with Crippen LogP contribution in [0.1, 0.15) is 60.5 Å². The number of aliphatic carboxylic acids is 1. The fraction of sp³-hybridized carbons (Fsp3) is 0.571. The largest absolute Gasteiger partial charge is 0.481 e. The summed E-state index contributed by atoms with van der Waals surface area (Å²) < 4.78 is 5.38. The molecular weight excluding hydrogens is 360 g/mol. The molecule has 0 bridgehead atoms. The molecule has 0 saturated heterocycles. The number of nitrogens with zero attached hydrogens (tertiary/aromatic N) is 1. The van der Waals surface area contributed by atoms with Gasteiger partial charge in [-0.1, -0.05) is 44.2 Å². The van der Waals surface area contributed by atoms with Crippen molar-refractivity contribution >= 4 is 18.0 Å². The van der Waals surface area contributed by atoms with Crippen molar-refractivity contribution in [3.8, 4) is 0 Å². The SMILES string of the molecule is CC.CC(C)(CC(=O)O)NC(=O)CN(Cc1ccccc1)C(=O)OC(C)(C)C. The lowest BCUT2D eigenvalue weighted by Crippen LogP contribution is -2.50. The summed E-state index contributed by atoms with van der Waals surface area (Å²) >= 11 is 0. The third-order valence-electron chi connectivity index (χ3n) is 3.27. The molecule has 0 fully saturated rings. The predicted octanol–water partition coefficient (Wildman–Crippen LogP) is 3.82. The average Bonchev–Trinajstić information content (AvgIpc) is 2.53. The zero-order valence-corrected chi connectivity index (χ0v) is 18.0. The summed E-state index contributed by atoms with van der Waals surface area (Å²) in [5, 5.41) is 11.6. The first-order valence-corrected chi connectivity index (χ1v) is 9.43. The summed E-state index contributed by atoms with van der Waals surface area (Å²) in [5.41, 5.74) is -0.753. The molecule has 0 aliphatic rings. The number of amides is 2. The highest BCUT2D eigenvalue weighted by Crippen LogP contribution is 2.13. The van der Waals surface area contributed by atoms with Crippen LogP contribution in [0.4, 0.5) is 4.79 Å². The Hall–Kier alpha value is -2.57. The van der Waals surface area contributed by atoms with Gasteiger partial charge in [-0.25, -0.2) is 4.79 Å². The highest BCUT2D eigenvalue weighted by atomic mass is 16.6. The number of hydrogen-bond donors (Lipinski definition) is 2. The van der Waals surface area contributed by atoms with Crippen LogP contribution in [0.2, 0.25) is 0 Å². The molecule has 0 heterocycles. The molecule has 0 aliphatic heterocycles. The molecule has 0 unspecified atom stereocenters. The minimum Gasteiger partial charge on any atom is -0.481 e. The number of carboxylic acids is 1. The molecule has 0 saturated carbocycles. The van der Waals surface area contributed by atoms with Gasteiger partial charge in [0.1, 0.15) is 12.1 Å². The lowest BCUT2D eigenvalue weighted by atomic mass is 10.0. The molecule has 0 aromatic heterocycles. The maximum atomic E-state index is 12.5. The van der Waals surface area contributed by atoms with Crippen molar-refractivity contribution in [2.75, 3.05) is 6.54 Å². The molecule has 1 aromatic rings. The van der Waals surface area contributed by atoms with Gasteiger partial charge in [0.05, 0.1) is 6.42 Å². The van der Waals surface area contributed by atoms with Gasteiger partial charge in [-0.3, -0.25) is 14.5 Å². The maximum absolute atomic E-state index is 12.5. The smallest absolute Gasteiger partial charge is 0.411 e. The van der Waals surface area contributed by atoms with Crippen LogP contribution >= 0.6 is 0 Å². The molecule has 2 N–H and O–H groups in total. The van der Waals surface area contributed by atoms with Crippen molar-refractivity contribution in [1.82, 2.24) is 10.2 Å². The standard InChI is InChI=1S/C19H28N2O5.C2H6/c1-18(2,3)26-17(25)21(12-14-9-7-6-8-10-14)13-15(22)20-19(4,5)11-16(23)24;1-2/h6-10H,11-13H2,1-5H3,(H,20,22)(H,23,24);1-2H3. The van der Waals surface area contributed by atoms with E-state index in [9.17, 15) is 14.4 Å². The van der Waals surface area contributed by atoms with Crippen molar-refractivity contribution < 1.29 is 24.2 Å². The van der Waals surface area contributed by atoms with E-state index in [0.29, 0.717) is 0 Å². The fourth-order valence-corrected chi connectivity index (χ4v) is 2.33. The van der Waals surface area contributed by atoms with Crippen LogP contribution in [0.25, 0.3) is 0 Å². The van der Waals surface area contributed by atoms with Crippen molar-refractivity contribution in [2.24, 2.45) is 0 Å². The Morgan fingerprint density at radius 2 is 1.57 bits per heavy atom. The number of carbonyl (C=O) groups is 3. The summed E-state index contributed by atoms with van der Waals surface area (Å²) in [4.78, 5) is 37.0. The molecule has 0 radical (unpaired) electrons. The third kappa shape index (κ3) is 11.2. The van der Waals surface area contributed by atoms with Gasteiger partial charge < -0.3 is 15.2 Å². The van der Waals surface area contributed by atoms with E-state index < -0.39 is 29.1 Å². The first kappa shape index (κ1) is 25.4. The Morgan fingerprint density at radius 3 is 2.04 bits per heavy atom. The second-order valence-corrected chi connectivity index (χ2v) is 7.82. The van der Waals surface area contributed by atoms with E-state index in [1.165, 1.54) is 4.90 Å². The number of benzene rings is 1. The van der Waals surface area contributed by atoms with Gasteiger partial charge in [0.2, 0.25) is 5.91 Å². The van der Waals surface area contributed by atoms with E-state index in [-0.39, 0.29) is 19.5 Å². The molecule has 1 rings (SSSR count). The lowest BCUT2D eigenvalue weighted by Gasteiger charge is -2.29.